The molecule has 0 aliphatic carbocycles. The van der Waals surface area contributed by atoms with E-state index in [4.69, 9.17) is 4.74 Å². The van der Waals surface area contributed by atoms with Gasteiger partial charge in [-0.05, 0) is 42.0 Å². The van der Waals surface area contributed by atoms with Crippen LogP contribution in [0.25, 0.3) is 0 Å². The fraction of sp³-hybridized carbons (Fsp3) is 0.176. The Kier molecular flexibility index (Phi) is 6.81. The third-order valence-corrected chi connectivity index (χ3v) is 5.02. The van der Waals surface area contributed by atoms with Gasteiger partial charge >= 0.3 is 0 Å². The number of halogens is 1. The van der Waals surface area contributed by atoms with Gasteiger partial charge in [0, 0.05) is 4.47 Å². The minimum atomic E-state index is -3.67. The molecule has 0 aliphatic heterocycles. The van der Waals surface area contributed by atoms with E-state index in [1.54, 1.807) is 30.3 Å². The molecule has 144 valence electrons. The van der Waals surface area contributed by atoms with Gasteiger partial charge in [0.2, 0.25) is 10.0 Å². The van der Waals surface area contributed by atoms with Gasteiger partial charge in [-0.1, -0.05) is 22.0 Å². The average Bonchev–Trinajstić information content (AvgIpc) is 2.60. The van der Waals surface area contributed by atoms with Crippen molar-refractivity contribution >= 4 is 43.8 Å². The highest BCUT2D eigenvalue weighted by Crippen LogP contribution is 2.25. The number of nitrogens with one attached hydrogen (secondary N) is 1. The number of carbonyl (C=O) groups is 1. The molecular formula is C17H18BrN3O5S. The number of hydrazone groups is 1. The summed E-state index contributed by atoms with van der Waals surface area (Å²) in [5.74, 6) is -0.359. The van der Waals surface area contributed by atoms with E-state index in [0.29, 0.717) is 15.7 Å². The number of sulfonamides is 1. The van der Waals surface area contributed by atoms with Crippen LogP contribution in [0.5, 0.6) is 11.5 Å². The van der Waals surface area contributed by atoms with E-state index in [1.165, 1.54) is 25.5 Å². The highest BCUT2D eigenvalue weighted by molar-refractivity contribution is 9.10. The predicted octanol–water partition coefficient (Wildman–Crippen LogP) is 2.08. The number of benzene rings is 2. The second-order valence-electron chi connectivity index (χ2n) is 5.47. The molecule has 1 amide bonds. The maximum absolute atomic E-state index is 12.1. The van der Waals surface area contributed by atoms with Crippen LogP contribution in [0.2, 0.25) is 0 Å². The number of aromatic hydroxyl groups is 1. The number of methoxy groups -OCH3 is 1. The lowest BCUT2D eigenvalue weighted by Crippen LogP contribution is -2.39. The Balaban J connectivity index is 2.08. The summed E-state index contributed by atoms with van der Waals surface area (Å²) in [7, 11) is -2.25. The van der Waals surface area contributed by atoms with Crippen LogP contribution in [0.4, 0.5) is 5.69 Å². The number of phenols is 1. The van der Waals surface area contributed by atoms with Crippen LogP contribution in [0, 0.1) is 0 Å². The summed E-state index contributed by atoms with van der Waals surface area (Å²) in [5, 5.41) is 13.3. The molecule has 2 aromatic carbocycles. The topological polar surface area (TPSA) is 108 Å². The van der Waals surface area contributed by atoms with Gasteiger partial charge in [0.05, 0.1) is 25.3 Å². The van der Waals surface area contributed by atoms with Crippen molar-refractivity contribution in [2.24, 2.45) is 5.10 Å². The number of nitrogens with zero attached hydrogens (tertiary/aromatic N) is 2. The number of amides is 1. The molecule has 0 fully saturated rings. The Morgan fingerprint density at radius 1 is 1.33 bits per heavy atom. The van der Waals surface area contributed by atoms with Crippen molar-refractivity contribution in [3.63, 3.8) is 0 Å². The molecule has 8 nitrogen and oxygen atoms in total. The first-order valence-electron chi connectivity index (χ1n) is 7.63. The quantitative estimate of drug-likeness (QED) is 0.490. The van der Waals surface area contributed by atoms with E-state index in [1.807, 2.05) is 0 Å². The number of phenolic OH excluding ortho intramolecular Hbond substituents is 1. The van der Waals surface area contributed by atoms with Crippen LogP contribution < -0.4 is 14.5 Å². The number of rotatable bonds is 7. The first-order chi connectivity index (χ1) is 12.7. The van der Waals surface area contributed by atoms with E-state index < -0.39 is 22.5 Å². The molecule has 0 heterocycles. The minimum Gasteiger partial charge on any atom is -0.504 e. The molecule has 0 unspecified atom stereocenters. The van der Waals surface area contributed by atoms with Gasteiger partial charge in [-0.15, -0.1) is 0 Å². The van der Waals surface area contributed by atoms with E-state index >= 15 is 0 Å². The van der Waals surface area contributed by atoms with E-state index in [-0.39, 0.29) is 11.5 Å². The summed E-state index contributed by atoms with van der Waals surface area (Å²) in [6, 6.07) is 11.2. The lowest BCUT2D eigenvalue weighted by molar-refractivity contribution is -0.119. The highest BCUT2D eigenvalue weighted by atomic mass is 79.9. The molecule has 0 saturated heterocycles. The predicted molar refractivity (Wildman–Crippen MR) is 107 cm³/mol. The fourth-order valence-electron chi connectivity index (χ4n) is 2.15. The number of anilines is 1. The SMILES string of the molecule is COc1cc(/C=N\NC(=O)CN(c2cccc(Br)c2)S(C)(=O)=O)ccc1O. The van der Waals surface area contributed by atoms with Crippen LogP contribution in [0.1, 0.15) is 5.56 Å². The molecule has 0 atom stereocenters. The van der Waals surface area contributed by atoms with E-state index in [2.05, 4.69) is 26.5 Å². The molecule has 10 heteroatoms. The molecule has 0 bridgehead atoms. The van der Waals surface area contributed by atoms with Gasteiger partial charge in [0.25, 0.3) is 5.91 Å². The molecular weight excluding hydrogens is 438 g/mol. The number of ether oxygens (including phenoxy) is 1. The zero-order chi connectivity index (χ0) is 20.0. The van der Waals surface area contributed by atoms with Crippen LogP contribution >= 0.6 is 15.9 Å². The van der Waals surface area contributed by atoms with Crippen molar-refractivity contribution < 1.29 is 23.1 Å². The average molecular weight is 456 g/mol. The lowest BCUT2D eigenvalue weighted by Gasteiger charge is -2.21. The summed E-state index contributed by atoms with van der Waals surface area (Å²) in [4.78, 5) is 12.1. The third kappa shape index (κ3) is 5.97. The maximum atomic E-state index is 12.1. The molecule has 0 radical (unpaired) electrons. The Hall–Kier alpha value is -2.59. The van der Waals surface area contributed by atoms with Crippen LogP contribution in [-0.2, 0) is 14.8 Å². The van der Waals surface area contributed by atoms with Crippen molar-refractivity contribution in [2.45, 2.75) is 0 Å². The molecule has 0 aliphatic rings. The van der Waals surface area contributed by atoms with Gasteiger partial charge < -0.3 is 9.84 Å². The molecule has 0 aromatic heterocycles. The van der Waals surface area contributed by atoms with Crippen LogP contribution in [0.3, 0.4) is 0 Å². The first kappa shape index (κ1) is 20.7. The van der Waals surface area contributed by atoms with Crippen molar-refractivity contribution in [2.75, 3.05) is 24.2 Å². The van der Waals surface area contributed by atoms with Crippen molar-refractivity contribution in [1.82, 2.24) is 5.43 Å². The molecule has 2 N–H and O–H groups in total. The van der Waals surface area contributed by atoms with Crippen molar-refractivity contribution in [3.05, 3.63) is 52.5 Å². The van der Waals surface area contributed by atoms with Crippen molar-refractivity contribution in [1.29, 1.82) is 0 Å². The molecule has 0 saturated carbocycles. The van der Waals surface area contributed by atoms with Gasteiger partial charge in [-0.3, -0.25) is 9.10 Å². The minimum absolute atomic E-state index is 0.0171. The zero-order valence-electron chi connectivity index (χ0n) is 14.6. The van der Waals surface area contributed by atoms with Gasteiger partial charge in [0.15, 0.2) is 11.5 Å². The summed E-state index contributed by atoms with van der Waals surface area (Å²) < 4.78 is 30.7. The monoisotopic (exact) mass is 455 g/mol. The number of hydrogen-bond acceptors (Lipinski definition) is 6. The zero-order valence-corrected chi connectivity index (χ0v) is 17.0. The second-order valence-corrected chi connectivity index (χ2v) is 8.30. The largest absolute Gasteiger partial charge is 0.504 e. The summed E-state index contributed by atoms with van der Waals surface area (Å²) in [6.45, 7) is -0.425. The van der Waals surface area contributed by atoms with Gasteiger partial charge in [-0.2, -0.15) is 5.10 Å². The summed E-state index contributed by atoms with van der Waals surface area (Å²) >= 11 is 3.27. The van der Waals surface area contributed by atoms with Crippen LogP contribution in [-0.4, -0.2) is 45.6 Å². The second kappa shape index (κ2) is 8.87. The summed E-state index contributed by atoms with van der Waals surface area (Å²) in [6.07, 6.45) is 2.37. The third-order valence-electron chi connectivity index (χ3n) is 3.39. The molecule has 0 spiro atoms. The molecule has 2 aromatic rings. The van der Waals surface area contributed by atoms with Crippen LogP contribution in [0.15, 0.2) is 52.0 Å². The fourth-order valence-corrected chi connectivity index (χ4v) is 3.39. The smallest absolute Gasteiger partial charge is 0.260 e. The number of hydrogen-bond donors (Lipinski definition) is 2. The van der Waals surface area contributed by atoms with E-state index in [0.717, 1.165) is 10.6 Å². The normalized spacial score (nSPS) is 11.4. The Labute approximate surface area is 165 Å². The molecule has 27 heavy (non-hydrogen) atoms. The number of carbonyl (C=O) groups excluding carboxylic acids is 1. The first-order valence-corrected chi connectivity index (χ1v) is 10.3. The maximum Gasteiger partial charge on any atom is 0.260 e. The summed E-state index contributed by atoms with van der Waals surface area (Å²) in [5.41, 5.74) is 3.22. The standard InChI is InChI=1S/C17H18BrN3O5S/c1-26-16-8-12(6-7-15(16)22)10-19-20-17(23)11-21(27(2,24)25)14-5-3-4-13(18)9-14/h3-10,22H,11H2,1-2H3,(H,20,23)/b19-10-. The lowest BCUT2D eigenvalue weighted by atomic mass is 10.2. The van der Waals surface area contributed by atoms with E-state index in [9.17, 15) is 18.3 Å². The molecule has 2 rings (SSSR count). The van der Waals surface area contributed by atoms with Crippen molar-refractivity contribution in [3.8, 4) is 11.5 Å². The van der Waals surface area contributed by atoms with Gasteiger partial charge in [0.1, 0.15) is 6.54 Å². The Morgan fingerprint density at radius 3 is 2.70 bits per heavy atom. The highest BCUT2D eigenvalue weighted by Gasteiger charge is 2.20. The Morgan fingerprint density at radius 2 is 2.07 bits per heavy atom. The van der Waals surface area contributed by atoms with Gasteiger partial charge in [-0.25, -0.2) is 13.8 Å². The Bertz CT molecular complexity index is 963.